The molecule has 11 heteroatoms. The van der Waals surface area contributed by atoms with Gasteiger partial charge in [0.1, 0.15) is 6.04 Å². The van der Waals surface area contributed by atoms with E-state index >= 15 is 0 Å². The number of nitrogens with one attached hydrogen (secondary N) is 3. The van der Waals surface area contributed by atoms with Gasteiger partial charge in [0.15, 0.2) is 0 Å². The van der Waals surface area contributed by atoms with Crippen LogP contribution in [0.2, 0.25) is 0 Å². The Morgan fingerprint density at radius 3 is 2.48 bits per heavy atom. The molecule has 1 unspecified atom stereocenters. The second-order valence-electron chi connectivity index (χ2n) is 7.55. The number of anilines is 1. The van der Waals surface area contributed by atoms with Crippen LogP contribution in [0.1, 0.15) is 40.0 Å². The zero-order valence-electron chi connectivity index (χ0n) is 17.0. The van der Waals surface area contributed by atoms with Crippen LogP contribution in [0.3, 0.4) is 0 Å². The first-order valence-electron chi connectivity index (χ1n) is 10.1. The van der Waals surface area contributed by atoms with Crippen molar-refractivity contribution in [3.8, 4) is 0 Å². The first-order chi connectivity index (χ1) is 14.1. The molecule has 170 valence electrons. The molecule has 0 spiro atoms. The molecule has 0 bridgehead atoms. The molecule has 3 heterocycles. The normalized spacial score (nSPS) is 21.2. The van der Waals surface area contributed by atoms with Gasteiger partial charge in [0.25, 0.3) is 11.8 Å². The summed E-state index contributed by atoms with van der Waals surface area (Å²) in [5.74, 6) is -1.94. The van der Waals surface area contributed by atoms with E-state index in [1.807, 2.05) is 0 Å². The Labute approximate surface area is 193 Å². The second kappa shape index (κ2) is 10.9. The van der Waals surface area contributed by atoms with E-state index in [1.165, 1.54) is 0 Å². The number of benzene rings is 1. The number of nitrogens with zero attached hydrogens (tertiary/aromatic N) is 2. The maximum absolute atomic E-state index is 13.0. The van der Waals surface area contributed by atoms with Crippen LogP contribution in [-0.4, -0.2) is 78.7 Å². The molecule has 0 saturated carbocycles. The molecule has 2 saturated heterocycles. The molecule has 9 nitrogen and oxygen atoms in total. The zero-order chi connectivity index (χ0) is 20.4. The van der Waals surface area contributed by atoms with Crippen molar-refractivity contribution in [2.24, 2.45) is 0 Å². The van der Waals surface area contributed by atoms with E-state index in [4.69, 9.17) is 0 Å². The Morgan fingerprint density at radius 1 is 1.03 bits per heavy atom. The summed E-state index contributed by atoms with van der Waals surface area (Å²) in [4.78, 5) is 52.8. The van der Waals surface area contributed by atoms with E-state index < -0.39 is 23.8 Å². The zero-order valence-corrected chi connectivity index (χ0v) is 18.7. The van der Waals surface area contributed by atoms with Gasteiger partial charge in [-0.25, -0.2) is 0 Å². The lowest BCUT2D eigenvalue weighted by molar-refractivity contribution is -0.136. The van der Waals surface area contributed by atoms with Crippen molar-refractivity contribution in [2.75, 3.05) is 44.6 Å². The lowest BCUT2D eigenvalue weighted by atomic mass is 10.0. The summed E-state index contributed by atoms with van der Waals surface area (Å²) in [5, 5.41) is 8.82. The van der Waals surface area contributed by atoms with Gasteiger partial charge in [0.2, 0.25) is 11.8 Å². The number of hydrogen-bond acceptors (Lipinski definition) is 7. The maximum Gasteiger partial charge on any atom is 0.264 e. The number of fused-ring (bicyclic) bond motifs is 1. The van der Waals surface area contributed by atoms with Crippen molar-refractivity contribution in [3.63, 3.8) is 0 Å². The third kappa shape index (κ3) is 5.17. The van der Waals surface area contributed by atoms with Gasteiger partial charge in [0, 0.05) is 44.8 Å². The average Bonchev–Trinajstić information content (AvgIpc) is 2.98. The van der Waals surface area contributed by atoms with Crippen molar-refractivity contribution in [2.45, 2.75) is 25.3 Å². The van der Waals surface area contributed by atoms with E-state index in [-0.39, 0.29) is 43.6 Å². The summed E-state index contributed by atoms with van der Waals surface area (Å²) >= 11 is 0. The van der Waals surface area contributed by atoms with Crippen molar-refractivity contribution < 1.29 is 19.2 Å². The van der Waals surface area contributed by atoms with E-state index in [1.54, 1.807) is 18.2 Å². The monoisotopic (exact) mass is 471 g/mol. The van der Waals surface area contributed by atoms with Crippen molar-refractivity contribution in [1.82, 2.24) is 20.4 Å². The molecular formula is C20H27Cl2N5O4. The highest BCUT2D eigenvalue weighted by molar-refractivity contribution is 6.25. The lowest BCUT2D eigenvalue weighted by Crippen LogP contribution is -2.54. The predicted molar refractivity (Wildman–Crippen MR) is 120 cm³/mol. The molecule has 31 heavy (non-hydrogen) atoms. The number of hydrogen-bond donors (Lipinski definition) is 3. The lowest BCUT2D eigenvalue weighted by Gasteiger charge is -2.28. The van der Waals surface area contributed by atoms with E-state index in [0.29, 0.717) is 23.4 Å². The number of carbonyl (C=O) groups excluding carboxylic acids is 4. The fourth-order valence-corrected chi connectivity index (χ4v) is 4.12. The summed E-state index contributed by atoms with van der Waals surface area (Å²) in [7, 11) is 0. The predicted octanol–water partition coefficient (Wildman–Crippen LogP) is 0.639. The molecule has 0 aromatic heterocycles. The van der Waals surface area contributed by atoms with Crippen LogP contribution in [0.4, 0.5) is 5.69 Å². The van der Waals surface area contributed by atoms with Crippen LogP contribution in [0, 0.1) is 0 Å². The molecule has 4 amide bonds. The Morgan fingerprint density at radius 2 is 1.77 bits per heavy atom. The van der Waals surface area contributed by atoms with Crippen LogP contribution in [0.5, 0.6) is 0 Å². The van der Waals surface area contributed by atoms with E-state index in [9.17, 15) is 19.2 Å². The average molecular weight is 472 g/mol. The van der Waals surface area contributed by atoms with Crippen LogP contribution in [-0.2, 0) is 9.59 Å². The fourth-order valence-electron chi connectivity index (χ4n) is 4.12. The third-order valence-corrected chi connectivity index (χ3v) is 5.64. The van der Waals surface area contributed by atoms with Gasteiger partial charge in [0.05, 0.1) is 11.1 Å². The largest absolute Gasteiger partial charge is 0.384 e. The fraction of sp³-hybridized carbons (Fsp3) is 0.500. The third-order valence-electron chi connectivity index (χ3n) is 5.64. The molecule has 1 aromatic rings. The first-order valence-corrected chi connectivity index (χ1v) is 10.1. The number of halogens is 2. The highest BCUT2D eigenvalue weighted by Crippen LogP contribution is 2.32. The quantitative estimate of drug-likeness (QED) is 0.412. The van der Waals surface area contributed by atoms with Crippen LogP contribution >= 0.6 is 24.8 Å². The molecule has 0 radical (unpaired) electrons. The van der Waals surface area contributed by atoms with Crippen LogP contribution in [0.25, 0.3) is 0 Å². The smallest absolute Gasteiger partial charge is 0.264 e. The molecule has 3 N–H and O–H groups in total. The Hall–Kier alpha value is -2.20. The van der Waals surface area contributed by atoms with E-state index in [2.05, 4.69) is 20.9 Å². The number of amides is 4. The summed E-state index contributed by atoms with van der Waals surface area (Å²) in [6.45, 7) is 5.74. The number of rotatable bonds is 6. The minimum absolute atomic E-state index is 0. The van der Waals surface area contributed by atoms with E-state index in [0.717, 1.165) is 44.0 Å². The highest BCUT2D eigenvalue weighted by Gasteiger charge is 2.45. The molecular weight excluding hydrogens is 445 g/mol. The van der Waals surface area contributed by atoms with Gasteiger partial charge in [-0.2, -0.15) is 0 Å². The Balaban J connectivity index is 0.00000171. The van der Waals surface area contributed by atoms with Crippen molar-refractivity contribution in [3.05, 3.63) is 29.3 Å². The van der Waals surface area contributed by atoms with Gasteiger partial charge in [-0.05, 0) is 31.5 Å². The Bertz CT molecular complexity index is 860. The van der Waals surface area contributed by atoms with Crippen LogP contribution < -0.4 is 16.0 Å². The van der Waals surface area contributed by atoms with Gasteiger partial charge in [-0.3, -0.25) is 29.4 Å². The molecule has 3 aliphatic heterocycles. The summed E-state index contributed by atoms with van der Waals surface area (Å²) < 4.78 is 0. The summed E-state index contributed by atoms with van der Waals surface area (Å²) in [5.41, 5.74) is 1.21. The number of imide groups is 2. The minimum Gasteiger partial charge on any atom is -0.384 e. The van der Waals surface area contributed by atoms with Crippen molar-refractivity contribution >= 4 is 54.1 Å². The molecule has 2 fully saturated rings. The number of piperazine rings is 1. The molecule has 1 atom stereocenters. The molecule has 1 aromatic carbocycles. The van der Waals surface area contributed by atoms with Crippen molar-refractivity contribution in [1.29, 1.82) is 0 Å². The number of carbonyl (C=O) groups is 4. The van der Waals surface area contributed by atoms with Gasteiger partial charge >= 0.3 is 0 Å². The SMILES string of the molecule is Cl.Cl.O=C1CCC(N2C(=O)c3cccc(NCCCN4CCNCC4)c3C2=O)C(=O)N1. The molecule has 4 rings (SSSR count). The summed E-state index contributed by atoms with van der Waals surface area (Å²) in [6, 6.07) is 4.17. The summed E-state index contributed by atoms with van der Waals surface area (Å²) in [6.07, 6.45) is 1.19. The Kier molecular flexibility index (Phi) is 8.81. The molecule has 0 aliphatic carbocycles. The highest BCUT2D eigenvalue weighted by atomic mass is 35.5. The van der Waals surface area contributed by atoms with Gasteiger partial charge in [-0.15, -0.1) is 24.8 Å². The second-order valence-corrected chi connectivity index (χ2v) is 7.55. The topological polar surface area (TPSA) is 111 Å². The van der Waals surface area contributed by atoms with Crippen LogP contribution in [0.15, 0.2) is 18.2 Å². The first kappa shape index (κ1) is 25.1. The maximum atomic E-state index is 13.0. The standard InChI is InChI=1S/C20H25N5O4.2ClH/c26-16-6-5-15(18(27)23-16)25-19(28)13-3-1-4-14(17(13)20(25)29)22-7-2-10-24-11-8-21-9-12-24;;/h1,3-4,15,21-22H,2,5-12H2,(H,23,26,27);2*1H. The number of piperidine rings is 1. The van der Waals surface area contributed by atoms with Gasteiger partial charge < -0.3 is 15.5 Å². The molecule has 3 aliphatic rings. The minimum atomic E-state index is -0.944. The van der Waals surface area contributed by atoms with Gasteiger partial charge in [-0.1, -0.05) is 6.07 Å².